The third-order valence-electron chi connectivity index (χ3n) is 3.38. The standard InChI is InChI=1S/C20H21ClN4O.HI/c1-3-15-7-6-10-18(12-15)25-19(26)14-24-20(22-4-2)23-13-16-8-5-9-17(21)11-16;/h1,5-12H,4,13-14H2,2H3,(H,25,26)(H2,22,23,24);1H. The Bertz CT molecular complexity index is 833. The summed E-state index contributed by atoms with van der Waals surface area (Å²) >= 11 is 5.98. The lowest BCUT2D eigenvalue weighted by Gasteiger charge is -2.12. The summed E-state index contributed by atoms with van der Waals surface area (Å²) in [4.78, 5) is 16.6. The molecule has 0 radical (unpaired) electrons. The molecule has 0 spiro atoms. The number of amides is 1. The van der Waals surface area contributed by atoms with Gasteiger partial charge in [0.2, 0.25) is 5.91 Å². The van der Waals surface area contributed by atoms with Crippen molar-refractivity contribution < 1.29 is 4.79 Å². The van der Waals surface area contributed by atoms with Gasteiger partial charge in [-0.2, -0.15) is 0 Å². The first-order valence-electron chi connectivity index (χ1n) is 8.24. The summed E-state index contributed by atoms with van der Waals surface area (Å²) in [5.41, 5.74) is 2.37. The number of nitrogens with zero attached hydrogens (tertiary/aromatic N) is 1. The molecule has 0 saturated carbocycles. The SMILES string of the molecule is C#Cc1cccc(NC(=O)CNC(=NCc2cccc(Cl)c2)NCC)c1.I. The molecule has 1 amide bonds. The molecule has 0 bridgehead atoms. The fraction of sp³-hybridized carbons (Fsp3) is 0.200. The normalized spacial score (nSPS) is 10.3. The first-order chi connectivity index (χ1) is 12.6. The van der Waals surface area contributed by atoms with Crippen LogP contribution in [0.1, 0.15) is 18.1 Å². The van der Waals surface area contributed by atoms with Crippen LogP contribution in [0, 0.1) is 12.3 Å². The molecule has 2 aromatic rings. The average molecular weight is 497 g/mol. The van der Waals surface area contributed by atoms with Crippen LogP contribution in [-0.2, 0) is 11.3 Å². The topological polar surface area (TPSA) is 65.5 Å². The lowest BCUT2D eigenvalue weighted by atomic mass is 10.2. The molecule has 0 heterocycles. The summed E-state index contributed by atoms with van der Waals surface area (Å²) in [5.74, 6) is 2.91. The van der Waals surface area contributed by atoms with Gasteiger partial charge in [-0.15, -0.1) is 30.4 Å². The third kappa shape index (κ3) is 8.33. The van der Waals surface area contributed by atoms with Crippen LogP contribution in [0.3, 0.4) is 0 Å². The Morgan fingerprint density at radius 2 is 1.96 bits per heavy atom. The molecule has 142 valence electrons. The molecule has 0 saturated heterocycles. The summed E-state index contributed by atoms with van der Waals surface area (Å²) in [7, 11) is 0. The fourth-order valence-electron chi connectivity index (χ4n) is 2.20. The van der Waals surface area contributed by atoms with Crippen LogP contribution in [0.4, 0.5) is 5.69 Å². The van der Waals surface area contributed by atoms with Gasteiger partial charge in [0.15, 0.2) is 5.96 Å². The fourth-order valence-corrected chi connectivity index (χ4v) is 2.42. The van der Waals surface area contributed by atoms with Crippen molar-refractivity contribution in [3.8, 4) is 12.3 Å². The Hall–Kier alpha value is -2.24. The van der Waals surface area contributed by atoms with Gasteiger partial charge in [-0.05, 0) is 42.8 Å². The van der Waals surface area contributed by atoms with Gasteiger partial charge >= 0.3 is 0 Å². The van der Waals surface area contributed by atoms with Crippen LogP contribution in [0.2, 0.25) is 5.02 Å². The van der Waals surface area contributed by atoms with Crippen molar-refractivity contribution in [2.45, 2.75) is 13.5 Å². The zero-order valence-electron chi connectivity index (χ0n) is 15.0. The predicted molar refractivity (Wildman–Crippen MR) is 123 cm³/mol. The molecule has 7 heteroatoms. The maximum absolute atomic E-state index is 12.1. The van der Waals surface area contributed by atoms with Gasteiger partial charge in [-0.1, -0.05) is 35.7 Å². The number of nitrogens with one attached hydrogen (secondary N) is 3. The summed E-state index contributed by atoms with van der Waals surface area (Å²) in [6.07, 6.45) is 5.36. The van der Waals surface area contributed by atoms with Crippen molar-refractivity contribution in [1.29, 1.82) is 0 Å². The van der Waals surface area contributed by atoms with Gasteiger partial charge in [0, 0.05) is 22.8 Å². The van der Waals surface area contributed by atoms with E-state index in [1.165, 1.54) is 0 Å². The van der Waals surface area contributed by atoms with Crippen molar-refractivity contribution in [2.75, 3.05) is 18.4 Å². The third-order valence-corrected chi connectivity index (χ3v) is 3.62. The average Bonchev–Trinajstić information content (AvgIpc) is 2.64. The van der Waals surface area contributed by atoms with Crippen molar-refractivity contribution in [3.05, 3.63) is 64.7 Å². The molecule has 0 atom stereocenters. The molecule has 2 aromatic carbocycles. The molecule has 0 aliphatic carbocycles. The van der Waals surface area contributed by atoms with Gasteiger partial charge in [0.25, 0.3) is 0 Å². The number of carbonyl (C=O) groups excluding carboxylic acids is 1. The highest BCUT2D eigenvalue weighted by Crippen LogP contribution is 2.11. The first-order valence-corrected chi connectivity index (χ1v) is 8.61. The van der Waals surface area contributed by atoms with Crippen molar-refractivity contribution in [1.82, 2.24) is 10.6 Å². The zero-order valence-corrected chi connectivity index (χ0v) is 18.0. The largest absolute Gasteiger partial charge is 0.357 e. The smallest absolute Gasteiger partial charge is 0.243 e. The van der Waals surface area contributed by atoms with Crippen LogP contribution >= 0.6 is 35.6 Å². The Morgan fingerprint density at radius 1 is 1.19 bits per heavy atom. The quantitative estimate of drug-likeness (QED) is 0.248. The molecular weight excluding hydrogens is 475 g/mol. The van der Waals surface area contributed by atoms with E-state index in [1.54, 1.807) is 24.3 Å². The van der Waals surface area contributed by atoms with Crippen molar-refractivity contribution in [2.24, 2.45) is 4.99 Å². The van der Waals surface area contributed by atoms with E-state index in [1.807, 2.05) is 31.2 Å². The Kier molecular flexibility index (Phi) is 10.3. The monoisotopic (exact) mass is 496 g/mol. The van der Waals surface area contributed by atoms with Crippen LogP contribution in [0.5, 0.6) is 0 Å². The molecule has 0 unspecified atom stereocenters. The highest BCUT2D eigenvalue weighted by atomic mass is 127. The lowest BCUT2D eigenvalue weighted by molar-refractivity contribution is -0.115. The van der Waals surface area contributed by atoms with Gasteiger partial charge in [0.05, 0.1) is 13.1 Å². The van der Waals surface area contributed by atoms with Crippen molar-refractivity contribution >= 4 is 53.1 Å². The molecular formula is C20H22ClIN4O. The second-order valence-electron chi connectivity index (χ2n) is 5.45. The molecule has 5 nitrogen and oxygen atoms in total. The van der Waals surface area contributed by atoms with E-state index >= 15 is 0 Å². The van der Waals surface area contributed by atoms with E-state index in [-0.39, 0.29) is 36.4 Å². The molecule has 27 heavy (non-hydrogen) atoms. The second-order valence-corrected chi connectivity index (χ2v) is 5.89. The Morgan fingerprint density at radius 3 is 2.67 bits per heavy atom. The van der Waals surface area contributed by atoms with Crippen LogP contribution in [-0.4, -0.2) is 25.0 Å². The van der Waals surface area contributed by atoms with Crippen LogP contribution < -0.4 is 16.0 Å². The number of anilines is 1. The summed E-state index contributed by atoms with van der Waals surface area (Å²) in [6.45, 7) is 3.19. The molecule has 2 rings (SSSR count). The molecule has 3 N–H and O–H groups in total. The van der Waals surface area contributed by atoms with Gasteiger partial charge in [-0.25, -0.2) is 4.99 Å². The Labute approximate surface area is 182 Å². The van der Waals surface area contributed by atoms with Gasteiger partial charge in [0.1, 0.15) is 0 Å². The highest BCUT2D eigenvalue weighted by Gasteiger charge is 2.05. The minimum atomic E-state index is -0.187. The number of benzene rings is 2. The minimum Gasteiger partial charge on any atom is -0.357 e. The molecule has 0 fully saturated rings. The first kappa shape index (κ1) is 22.8. The number of rotatable bonds is 6. The number of carbonyl (C=O) groups is 1. The number of hydrogen-bond acceptors (Lipinski definition) is 2. The number of terminal acetylenes is 1. The van der Waals surface area contributed by atoms with E-state index in [0.717, 1.165) is 5.56 Å². The summed E-state index contributed by atoms with van der Waals surface area (Å²) in [6, 6.07) is 14.6. The maximum atomic E-state index is 12.1. The van der Waals surface area contributed by atoms with Crippen LogP contribution in [0.15, 0.2) is 53.5 Å². The lowest BCUT2D eigenvalue weighted by Crippen LogP contribution is -2.41. The molecule has 0 aromatic heterocycles. The predicted octanol–water partition coefficient (Wildman–Crippen LogP) is 3.63. The summed E-state index contributed by atoms with van der Waals surface area (Å²) in [5, 5.41) is 9.58. The van der Waals surface area contributed by atoms with Gasteiger partial charge < -0.3 is 16.0 Å². The number of guanidine groups is 1. The number of halogens is 2. The van der Waals surface area contributed by atoms with E-state index in [9.17, 15) is 4.79 Å². The molecule has 0 aliphatic rings. The van der Waals surface area contributed by atoms with E-state index in [2.05, 4.69) is 26.9 Å². The van der Waals surface area contributed by atoms with E-state index in [4.69, 9.17) is 18.0 Å². The van der Waals surface area contributed by atoms with E-state index < -0.39 is 0 Å². The van der Waals surface area contributed by atoms with Crippen molar-refractivity contribution in [3.63, 3.8) is 0 Å². The summed E-state index contributed by atoms with van der Waals surface area (Å²) < 4.78 is 0. The number of aliphatic imine (C=N–C) groups is 1. The van der Waals surface area contributed by atoms with Gasteiger partial charge in [-0.3, -0.25) is 4.79 Å². The second kappa shape index (κ2) is 12.2. The van der Waals surface area contributed by atoms with E-state index in [0.29, 0.717) is 35.3 Å². The molecule has 0 aliphatic heterocycles. The number of hydrogen-bond donors (Lipinski definition) is 3. The zero-order chi connectivity index (χ0) is 18.8. The maximum Gasteiger partial charge on any atom is 0.243 e. The highest BCUT2D eigenvalue weighted by molar-refractivity contribution is 14.0. The minimum absolute atomic E-state index is 0. The Balaban J connectivity index is 0.00000364. The van der Waals surface area contributed by atoms with Crippen LogP contribution in [0.25, 0.3) is 0 Å².